The average molecular weight is 435 g/mol. The third-order valence-corrected chi connectivity index (χ3v) is 10.6. The molecular formula is C20H27BrN2O2Si. The number of hydrogen-bond donors (Lipinski definition) is 1. The maximum absolute atomic E-state index is 12.5. The molecule has 0 aromatic heterocycles. The van der Waals surface area contributed by atoms with E-state index in [1.165, 1.54) is 0 Å². The molecule has 0 radical (unpaired) electrons. The molecule has 0 saturated carbocycles. The first-order chi connectivity index (χ1) is 12.0. The van der Waals surface area contributed by atoms with Crippen LogP contribution in [0.3, 0.4) is 0 Å². The molecule has 1 aliphatic heterocycles. The second-order valence-electron chi connectivity index (χ2n) is 8.53. The Morgan fingerprint density at radius 3 is 2.46 bits per heavy atom. The van der Waals surface area contributed by atoms with E-state index < -0.39 is 14.4 Å². The van der Waals surface area contributed by atoms with Crippen molar-refractivity contribution in [2.45, 2.75) is 51.4 Å². The summed E-state index contributed by atoms with van der Waals surface area (Å²) in [4.78, 5) is 14.3. The number of amides is 1. The Morgan fingerprint density at radius 1 is 1.23 bits per heavy atom. The lowest BCUT2D eigenvalue weighted by molar-refractivity contribution is -0.118. The highest BCUT2D eigenvalue weighted by atomic mass is 79.9. The largest absolute Gasteiger partial charge is 0.543 e. The molecule has 0 bridgehead atoms. The van der Waals surface area contributed by atoms with Crippen LogP contribution in [0, 0.1) is 0 Å². The Bertz CT molecular complexity index is 861. The number of halogens is 1. The predicted molar refractivity (Wildman–Crippen MR) is 114 cm³/mol. The Kier molecular flexibility index (Phi) is 4.96. The Labute approximate surface area is 165 Å². The van der Waals surface area contributed by atoms with Gasteiger partial charge in [0, 0.05) is 16.4 Å². The summed E-state index contributed by atoms with van der Waals surface area (Å²) in [5.41, 5.74) is 6.83. The maximum atomic E-state index is 12.5. The molecular weight excluding hydrogens is 408 g/mol. The third-order valence-electron chi connectivity index (χ3n) is 5.61. The van der Waals surface area contributed by atoms with Crippen molar-refractivity contribution in [3.05, 3.63) is 34.8 Å². The zero-order valence-electron chi connectivity index (χ0n) is 16.1. The van der Waals surface area contributed by atoms with Crippen LogP contribution < -0.4 is 15.1 Å². The highest BCUT2D eigenvalue weighted by Gasteiger charge is 2.39. The minimum absolute atomic E-state index is 0.0195. The number of nitrogens with zero attached hydrogens (tertiary/aromatic N) is 1. The van der Waals surface area contributed by atoms with Gasteiger partial charge in [-0.15, -0.1) is 0 Å². The van der Waals surface area contributed by atoms with Crippen LogP contribution >= 0.6 is 15.9 Å². The van der Waals surface area contributed by atoms with Crippen molar-refractivity contribution >= 4 is 46.6 Å². The predicted octanol–water partition coefficient (Wildman–Crippen LogP) is 5.05. The van der Waals surface area contributed by atoms with Crippen LogP contribution in [0.2, 0.25) is 18.1 Å². The Morgan fingerprint density at radius 2 is 1.88 bits per heavy atom. The minimum Gasteiger partial charge on any atom is -0.543 e. The fourth-order valence-corrected chi connectivity index (χ4v) is 4.55. The van der Waals surface area contributed by atoms with E-state index in [2.05, 4.69) is 68.0 Å². The summed E-state index contributed by atoms with van der Waals surface area (Å²) in [6, 6.07) is 9.78. The minimum atomic E-state index is -1.93. The molecule has 26 heavy (non-hydrogen) atoms. The molecule has 4 nitrogen and oxygen atoms in total. The van der Waals surface area contributed by atoms with Crippen LogP contribution in [0.25, 0.3) is 10.8 Å². The van der Waals surface area contributed by atoms with Gasteiger partial charge in [-0.25, -0.2) is 0 Å². The van der Waals surface area contributed by atoms with Crippen molar-refractivity contribution in [2.24, 2.45) is 5.73 Å². The van der Waals surface area contributed by atoms with E-state index in [9.17, 15) is 4.79 Å². The number of carbonyl (C=O) groups excluding carboxylic acids is 1. The molecule has 1 heterocycles. The Balaban J connectivity index is 2.09. The number of hydrogen-bond acceptors (Lipinski definition) is 3. The van der Waals surface area contributed by atoms with Crippen LogP contribution in [-0.4, -0.2) is 26.8 Å². The van der Waals surface area contributed by atoms with Gasteiger partial charge in [0.25, 0.3) is 0 Å². The number of fused-ring (bicyclic) bond motifs is 1. The van der Waals surface area contributed by atoms with Gasteiger partial charge in [0.05, 0.1) is 11.7 Å². The van der Waals surface area contributed by atoms with Gasteiger partial charge in [-0.3, -0.25) is 4.79 Å². The van der Waals surface area contributed by atoms with Crippen LogP contribution in [0.15, 0.2) is 34.8 Å². The smallest absolute Gasteiger partial charge is 0.250 e. The third kappa shape index (κ3) is 3.42. The number of nitrogens with two attached hydrogens (primary N) is 1. The highest BCUT2D eigenvalue weighted by Crippen LogP contribution is 2.41. The summed E-state index contributed by atoms with van der Waals surface area (Å²) in [5.74, 6) is 0.841. The van der Waals surface area contributed by atoms with E-state index in [1.54, 1.807) is 4.90 Å². The molecule has 6 heteroatoms. The summed E-state index contributed by atoms with van der Waals surface area (Å²) in [6.45, 7) is 11.8. The van der Waals surface area contributed by atoms with Gasteiger partial charge in [0.15, 0.2) is 0 Å². The average Bonchev–Trinajstić information content (AvgIpc) is 2.85. The van der Waals surface area contributed by atoms with Gasteiger partial charge >= 0.3 is 0 Å². The van der Waals surface area contributed by atoms with Gasteiger partial charge in [-0.05, 0) is 64.1 Å². The zero-order valence-corrected chi connectivity index (χ0v) is 18.7. The van der Waals surface area contributed by atoms with Crippen molar-refractivity contribution in [1.29, 1.82) is 0 Å². The summed E-state index contributed by atoms with van der Waals surface area (Å²) >= 11 is 3.63. The van der Waals surface area contributed by atoms with Crippen LogP contribution in [0.5, 0.6) is 5.75 Å². The first-order valence-corrected chi connectivity index (χ1v) is 12.7. The normalized spacial score (nSPS) is 18.7. The zero-order chi connectivity index (χ0) is 19.3. The first kappa shape index (κ1) is 19.4. The van der Waals surface area contributed by atoms with Crippen molar-refractivity contribution in [3.63, 3.8) is 0 Å². The molecule has 0 aliphatic carbocycles. The highest BCUT2D eigenvalue weighted by molar-refractivity contribution is 9.10. The molecule has 3 rings (SSSR count). The van der Waals surface area contributed by atoms with E-state index >= 15 is 0 Å². The van der Waals surface area contributed by atoms with Crippen molar-refractivity contribution < 1.29 is 9.22 Å². The molecule has 140 valence electrons. The van der Waals surface area contributed by atoms with E-state index in [0.717, 1.165) is 26.7 Å². The van der Waals surface area contributed by atoms with Crippen molar-refractivity contribution in [2.75, 3.05) is 11.4 Å². The molecule has 1 saturated heterocycles. The molecule has 1 atom stereocenters. The van der Waals surface area contributed by atoms with Crippen LogP contribution in [-0.2, 0) is 4.79 Å². The van der Waals surface area contributed by atoms with E-state index in [4.69, 9.17) is 10.2 Å². The Hall–Kier alpha value is -1.37. The fraction of sp³-hybridized carbons (Fsp3) is 0.450. The first-order valence-electron chi connectivity index (χ1n) is 8.99. The van der Waals surface area contributed by atoms with Gasteiger partial charge in [0.2, 0.25) is 14.2 Å². The second-order valence-corrected chi connectivity index (χ2v) is 14.1. The topological polar surface area (TPSA) is 55.6 Å². The lowest BCUT2D eigenvalue weighted by atomic mass is 10.1. The molecule has 0 spiro atoms. The van der Waals surface area contributed by atoms with Gasteiger partial charge < -0.3 is 15.1 Å². The lowest BCUT2D eigenvalue weighted by Crippen LogP contribution is -2.43. The van der Waals surface area contributed by atoms with E-state index in [1.807, 2.05) is 12.1 Å². The van der Waals surface area contributed by atoms with Crippen LogP contribution in [0.4, 0.5) is 5.69 Å². The summed E-state index contributed by atoms with van der Waals surface area (Å²) in [6.07, 6.45) is 0.682. The van der Waals surface area contributed by atoms with Gasteiger partial charge in [0.1, 0.15) is 5.75 Å². The van der Waals surface area contributed by atoms with E-state index in [0.29, 0.717) is 13.0 Å². The standard InChI is InChI=1S/C20H27BrN2O2Si/c1-20(2,3)26(4,5)25-14-8-6-13-7-9-16(21)18(15(13)12-14)23-11-10-17(22)19(23)24/h6-9,12,17H,10-11,22H2,1-5H3/t17-/m0/s1. The lowest BCUT2D eigenvalue weighted by Gasteiger charge is -2.36. The van der Waals surface area contributed by atoms with E-state index in [-0.39, 0.29) is 10.9 Å². The SMILES string of the molecule is CC(C)(C)[Si](C)(C)Oc1ccc2ccc(Br)c(N3CC[C@H](N)C3=O)c2c1. The molecule has 2 aromatic rings. The van der Waals surface area contributed by atoms with Crippen molar-refractivity contribution in [3.8, 4) is 5.75 Å². The molecule has 2 N–H and O–H groups in total. The maximum Gasteiger partial charge on any atom is 0.250 e. The number of carbonyl (C=O) groups is 1. The molecule has 1 amide bonds. The van der Waals surface area contributed by atoms with Gasteiger partial charge in [-0.1, -0.05) is 32.9 Å². The van der Waals surface area contributed by atoms with Gasteiger partial charge in [-0.2, -0.15) is 0 Å². The molecule has 0 unspecified atom stereocenters. The summed E-state index contributed by atoms with van der Waals surface area (Å²) in [7, 11) is -1.93. The van der Waals surface area contributed by atoms with Crippen LogP contribution in [0.1, 0.15) is 27.2 Å². The molecule has 1 fully saturated rings. The fourth-order valence-electron chi connectivity index (χ4n) is 2.97. The van der Waals surface area contributed by atoms with Crippen molar-refractivity contribution in [1.82, 2.24) is 0 Å². The second kappa shape index (κ2) is 6.66. The quantitative estimate of drug-likeness (QED) is 0.687. The molecule has 1 aliphatic rings. The number of rotatable bonds is 3. The number of anilines is 1. The number of benzene rings is 2. The summed E-state index contributed by atoms with van der Waals surface area (Å²) < 4.78 is 7.38. The monoisotopic (exact) mass is 434 g/mol. The molecule has 2 aromatic carbocycles. The summed E-state index contributed by atoms with van der Waals surface area (Å²) in [5, 5.41) is 2.22.